The normalized spacial score (nSPS) is 17.7. The van der Waals surface area contributed by atoms with Gasteiger partial charge in [0, 0.05) is 25.5 Å². The van der Waals surface area contributed by atoms with Crippen molar-refractivity contribution < 1.29 is 32.3 Å². The van der Waals surface area contributed by atoms with Crippen molar-refractivity contribution in [2.24, 2.45) is 5.92 Å². The SMILES string of the molecule is COP(=O)(OC)c1ccc(-c2ccc(C3C(CCC(O[Si](C)(C)C(C)(C)C)c4ccc(F)cc4)C(=O)N3c3ccccc3)c(O)c2)cc1. The maximum atomic E-state index is 13.9. The van der Waals surface area contributed by atoms with Crippen LogP contribution in [0.5, 0.6) is 5.75 Å². The summed E-state index contributed by atoms with van der Waals surface area (Å²) >= 11 is 0. The number of benzene rings is 4. The van der Waals surface area contributed by atoms with E-state index in [4.69, 9.17) is 13.5 Å². The van der Waals surface area contributed by atoms with Gasteiger partial charge in [-0.15, -0.1) is 0 Å². The Morgan fingerprint density at radius 3 is 2.06 bits per heavy atom. The second kappa shape index (κ2) is 14.1. The lowest BCUT2D eigenvalue weighted by molar-refractivity contribution is -0.131. The summed E-state index contributed by atoms with van der Waals surface area (Å²) in [6, 6.07) is 28.0. The predicted octanol–water partition coefficient (Wildman–Crippen LogP) is 9.56. The fourth-order valence-electron chi connectivity index (χ4n) is 5.99. The van der Waals surface area contributed by atoms with E-state index < -0.39 is 27.9 Å². The Kier molecular flexibility index (Phi) is 10.5. The molecule has 1 fully saturated rings. The summed E-state index contributed by atoms with van der Waals surface area (Å²) in [6.45, 7) is 10.9. The van der Waals surface area contributed by atoms with Crippen LogP contribution in [0.15, 0.2) is 97.1 Å². The molecule has 48 heavy (non-hydrogen) atoms. The molecular weight excluding hydrogens is 644 g/mol. The molecule has 0 aromatic heterocycles. The monoisotopic (exact) mass is 689 g/mol. The Balaban J connectivity index is 1.45. The third-order valence-corrected chi connectivity index (χ3v) is 16.2. The number of anilines is 1. The second-order valence-corrected chi connectivity index (χ2v) is 20.8. The van der Waals surface area contributed by atoms with Crippen molar-refractivity contribution in [1.29, 1.82) is 0 Å². The van der Waals surface area contributed by atoms with Gasteiger partial charge in [-0.3, -0.25) is 9.36 Å². The van der Waals surface area contributed by atoms with Gasteiger partial charge in [-0.25, -0.2) is 4.39 Å². The average molecular weight is 690 g/mol. The quantitative estimate of drug-likeness (QED) is 0.0906. The fraction of sp³-hybridized carbons (Fsp3) is 0.342. The van der Waals surface area contributed by atoms with E-state index in [0.717, 1.165) is 22.4 Å². The van der Waals surface area contributed by atoms with Gasteiger partial charge in [-0.1, -0.05) is 75.4 Å². The number of nitrogens with zero attached hydrogens (tertiary/aromatic N) is 1. The van der Waals surface area contributed by atoms with Crippen LogP contribution in [0.4, 0.5) is 10.1 Å². The molecule has 1 saturated heterocycles. The zero-order chi connectivity index (χ0) is 34.9. The first kappa shape index (κ1) is 35.7. The molecule has 3 atom stereocenters. The molecule has 4 aromatic carbocycles. The smallest absolute Gasteiger partial charge is 0.360 e. The van der Waals surface area contributed by atoms with Crippen LogP contribution in [0.3, 0.4) is 0 Å². The molecule has 7 nitrogen and oxygen atoms in total. The first-order chi connectivity index (χ1) is 22.7. The van der Waals surface area contributed by atoms with Gasteiger partial charge in [-0.05, 0) is 90.1 Å². The standard InChI is InChI=1S/C38H45FNO6PSi/c1-38(2,3)48(6,7)46-35(27-13-18-29(39)19-14-27)24-23-33-36(40(37(33)42)30-11-9-8-10-12-30)32-22-17-28(25-34(32)41)26-15-20-31(21-16-26)47(43,44-4)45-5/h8-22,25,33,35-36,41H,23-24H2,1-7H3. The first-order valence-electron chi connectivity index (χ1n) is 16.2. The van der Waals surface area contributed by atoms with Crippen LogP contribution in [0.2, 0.25) is 18.1 Å². The molecule has 1 aliphatic rings. The number of carbonyl (C=O) groups is 1. The van der Waals surface area contributed by atoms with Crippen LogP contribution < -0.4 is 10.2 Å². The van der Waals surface area contributed by atoms with Crippen LogP contribution in [0.25, 0.3) is 11.1 Å². The zero-order valence-electron chi connectivity index (χ0n) is 28.6. The molecular formula is C38H45FNO6PSi. The van der Waals surface area contributed by atoms with E-state index in [2.05, 4.69) is 33.9 Å². The van der Waals surface area contributed by atoms with Gasteiger partial charge in [0.2, 0.25) is 5.91 Å². The van der Waals surface area contributed by atoms with E-state index in [-0.39, 0.29) is 28.6 Å². The lowest BCUT2D eigenvalue weighted by Crippen LogP contribution is -2.55. The van der Waals surface area contributed by atoms with Crippen molar-refractivity contribution in [3.8, 4) is 16.9 Å². The van der Waals surface area contributed by atoms with E-state index in [1.807, 2.05) is 42.5 Å². The molecule has 4 aromatic rings. The summed E-state index contributed by atoms with van der Waals surface area (Å²) in [5.74, 6) is -0.648. The number of amides is 1. The predicted molar refractivity (Wildman–Crippen MR) is 192 cm³/mol. The number of aromatic hydroxyl groups is 1. The van der Waals surface area contributed by atoms with Crippen LogP contribution in [-0.4, -0.2) is 33.6 Å². The number of rotatable bonds is 12. The van der Waals surface area contributed by atoms with Gasteiger partial charge >= 0.3 is 7.60 Å². The number of halogens is 1. The van der Waals surface area contributed by atoms with E-state index in [1.54, 1.807) is 47.4 Å². The lowest BCUT2D eigenvalue weighted by Gasteiger charge is -2.48. The molecule has 3 unspecified atom stereocenters. The van der Waals surface area contributed by atoms with E-state index in [9.17, 15) is 18.9 Å². The molecule has 10 heteroatoms. The molecule has 1 aliphatic heterocycles. The summed E-state index contributed by atoms with van der Waals surface area (Å²) in [5.41, 5.74) is 3.87. The highest BCUT2D eigenvalue weighted by Gasteiger charge is 2.50. The maximum absolute atomic E-state index is 13.9. The molecule has 1 N–H and O–H groups in total. The van der Waals surface area contributed by atoms with Gasteiger partial charge in [-0.2, -0.15) is 0 Å². The zero-order valence-corrected chi connectivity index (χ0v) is 30.5. The Morgan fingerprint density at radius 2 is 1.50 bits per heavy atom. The molecule has 0 aliphatic carbocycles. The largest absolute Gasteiger partial charge is 0.508 e. The van der Waals surface area contributed by atoms with Gasteiger partial charge < -0.3 is 23.5 Å². The number of hydrogen-bond donors (Lipinski definition) is 1. The highest BCUT2D eigenvalue weighted by Crippen LogP contribution is 2.50. The van der Waals surface area contributed by atoms with E-state index in [0.29, 0.717) is 23.7 Å². The fourth-order valence-corrected chi connectivity index (χ4v) is 8.40. The summed E-state index contributed by atoms with van der Waals surface area (Å²) < 4.78 is 43.8. The number of phenolic OH excluding ortho intramolecular Hbond substituents is 1. The van der Waals surface area contributed by atoms with E-state index in [1.165, 1.54) is 26.4 Å². The molecule has 0 saturated carbocycles. The molecule has 1 heterocycles. The van der Waals surface area contributed by atoms with Crippen LogP contribution >= 0.6 is 7.60 Å². The molecule has 0 spiro atoms. The Labute approximate surface area is 284 Å². The molecule has 0 radical (unpaired) electrons. The van der Waals surface area contributed by atoms with Crippen molar-refractivity contribution in [2.75, 3.05) is 19.1 Å². The summed E-state index contributed by atoms with van der Waals surface area (Å²) in [7, 11) is -2.92. The minimum Gasteiger partial charge on any atom is -0.508 e. The third-order valence-electron chi connectivity index (χ3n) is 9.82. The molecule has 1 amide bonds. The van der Waals surface area contributed by atoms with Crippen LogP contribution in [-0.2, 0) is 22.8 Å². The number of phenols is 1. The number of para-hydroxylation sites is 1. The van der Waals surface area contributed by atoms with Crippen molar-refractivity contribution in [1.82, 2.24) is 0 Å². The van der Waals surface area contributed by atoms with Gasteiger partial charge in [0.1, 0.15) is 11.6 Å². The molecule has 5 rings (SSSR count). The summed E-state index contributed by atoms with van der Waals surface area (Å²) in [4.78, 5) is 15.6. The van der Waals surface area contributed by atoms with Crippen LogP contribution in [0.1, 0.15) is 56.9 Å². The minimum absolute atomic E-state index is 0.0174. The summed E-state index contributed by atoms with van der Waals surface area (Å²) in [5, 5.41) is 11.9. The van der Waals surface area contributed by atoms with Gasteiger partial charge in [0.05, 0.1) is 23.4 Å². The Hall–Kier alpha value is -3.59. The minimum atomic E-state index is -3.39. The second-order valence-electron chi connectivity index (χ2n) is 13.8. The topological polar surface area (TPSA) is 85.3 Å². The Morgan fingerprint density at radius 1 is 0.896 bits per heavy atom. The number of β-lactam (4-membered cyclic amide) rings is 1. The summed E-state index contributed by atoms with van der Waals surface area (Å²) in [6.07, 6.45) is 0.771. The van der Waals surface area contributed by atoms with Gasteiger partial charge in [0.15, 0.2) is 8.32 Å². The average Bonchev–Trinajstić information content (AvgIpc) is 3.07. The third kappa shape index (κ3) is 7.21. The highest BCUT2D eigenvalue weighted by atomic mass is 31.2. The highest BCUT2D eigenvalue weighted by molar-refractivity contribution is 7.62. The Bertz CT molecular complexity index is 1770. The van der Waals surface area contributed by atoms with Crippen molar-refractivity contribution in [3.63, 3.8) is 0 Å². The maximum Gasteiger partial charge on any atom is 0.360 e. The van der Waals surface area contributed by atoms with E-state index >= 15 is 0 Å². The number of carbonyl (C=O) groups excluding carboxylic acids is 1. The lowest BCUT2D eigenvalue weighted by atomic mass is 9.77. The first-order valence-corrected chi connectivity index (χ1v) is 20.6. The number of hydrogen-bond acceptors (Lipinski definition) is 6. The van der Waals surface area contributed by atoms with Crippen LogP contribution in [0, 0.1) is 11.7 Å². The van der Waals surface area contributed by atoms with Crippen molar-refractivity contribution in [3.05, 3.63) is 114 Å². The molecule has 0 bridgehead atoms. The van der Waals surface area contributed by atoms with Crippen molar-refractivity contribution in [2.45, 2.75) is 63.9 Å². The van der Waals surface area contributed by atoms with Gasteiger partial charge in [0.25, 0.3) is 0 Å². The molecule has 254 valence electrons. The van der Waals surface area contributed by atoms with Crippen molar-refractivity contribution >= 4 is 32.8 Å².